The predicted molar refractivity (Wildman–Crippen MR) is 88.8 cm³/mol. The maximum Gasteiger partial charge on any atom is 0.326 e. The second-order valence-electron chi connectivity index (χ2n) is 5.77. The number of hydrogen-bond donors (Lipinski definition) is 1. The van der Waals surface area contributed by atoms with Crippen molar-refractivity contribution in [2.75, 3.05) is 10.2 Å². The summed E-state index contributed by atoms with van der Waals surface area (Å²) < 4.78 is 13.4. The van der Waals surface area contributed by atoms with Gasteiger partial charge in [0.05, 0.1) is 4.92 Å². The number of nitrogens with one attached hydrogen (secondary N) is 1. The zero-order chi connectivity index (χ0) is 17.3. The number of aryl methyl sites for hydroxylation is 1. The molecular formula is C17H16FN3O3. The first-order chi connectivity index (χ1) is 11.5. The van der Waals surface area contributed by atoms with Gasteiger partial charge in [0, 0.05) is 29.5 Å². The van der Waals surface area contributed by atoms with E-state index in [0.29, 0.717) is 17.8 Å². The lowest BCUT2D eigenvalue weighted by molar-refractivity contribution is -0.384. The number of carbonyl (C=O) groups is 1. The molecule has 3 rings (SSSR count). The molecule has 0 saturated carbocycles. The van der Waals surface area contributed by atoms with Crippen LogP contribution in [0.4, 0.5) is 26.2 Å². The van der Waals surface area contributed by atoms with Gasteiger partial charge in [-0.15, -0.1) is 0 Å². The van der Waals surface area contributed by atoms with E-state index in [9.17, 15) is 19.3 Å². The molecule has 0 fully saturated rings. The van der Waals surface area contributed by atoms with Gasteiger partial charge in [0.1, 0.15) is 5.82 Å². The number of nitro benzene ring substituents is 1. The molecule has 124 valence electrons. The lowest BCUT2D eigenvalue weighted by atomic mass is 9.97. The zero-order valence-electron chi connectivity index (χ0n) is 13.0. The number of fused-ring (bicyclic) bond motifs is 1. The van der Waals surface area contributed by atoms with Gasteiger partial charge in [-0.05, 0) is 49.6 Å². The molecule has 2 amide bonds. The number of non-ortho nitro benzene ring substituents is 1. The molecule has 6 nitrogen and oxygen atoms in total. The number of halogens is 1. The van der Waals surface area contributed by atoms with E-state index in [0.717, 1.165) is 12.0 Å². The number of hydrogen-bond acceptors (Lipinski definition) is 3. The van der Waals surface area contributed by atoms with Crippen LogP contribution in [0.15, 0.2) is 42.5 Å². The van der Waals surface area contributed by atoms with Gasteiger partial charge in [-0.2, -0.15) is 0 Å². The summed E-state index contributed by atoms with van der Waals surface area (Å²) in [6.45, 7) is 1.92. The van der Waals surface area contributed by atoms with Crippen LogP contribution in [0.1, 0.15) is 18.9 Å². The first kappa shape index (κ1) is 15.9. The molecule has 2 aromatic carbocycles. The van der Waals surface area contributed by atoms with Crippen LogP contribution in [0.2, 0.25) is 0 Å². The molecule has 1 N–H and O–H groups in total. The highest BCUT2D eigenvalue weighted by Gasteiger charge is 2.28. The topological polar surface area (TPSA) is 75.5 Å². The number of carbonyl (C=O) groups excluding carboxylic acids is 1. The Kier molecular flexibility index (Phi) is 4.16. The monoisotopic (exact) mass is 329 g/mol. The number of benzene rings is 2. The fraction of sp³-hybridized carbons (Fsp3) is 0.235. The molecule has 0 bridgehead atoms. The van der Waals surface area contributed by atoms with E-state index in [-0.39, 0.29) is 17.5 Å². The van der Waals surface area contributed by atoms with Crippen molar-refractivity contribution in [1.82, 2.24) is 0 Å². The molecule has 0 saturated heterocycles. The SMILES string of the molecule is C[C@@H]1CCc2cc(F)ccc2N1C(=O)Nc1cccc([N+](=O)[O-])c1. The van der Waals surface area contributed by atoms with E-state index in [1.54, 1.807) is 17.0 Å². The van der Waals surface area contributed by atoms with Crippen molar-refractivity contribution < 1.29 is 14.1 Å². The number of anilines is 2. The summed E-state index contributed by atoms with van der Waals surface area (Å²) in [5.74, 6) is -0.331. The summed E-state index contributed by atoms with van der Waals surface area (Å²) in [6, 6.07) is 9.67. The minimum absolute atomic E-state index is 0.0540. The number of nitro groups is 1. The van der Waals surface area contributed by atoms with Gasteiger partial charge in [-0.3, -0.25) is 15.0 Å². The van der Waals surface area contributed by atoms with Crippen LogP contribution in [0.3, 0.4) is 0 Å². The summed E-state index contributed by atoms with van der Waals surface area (Å²) in [6.07, 6.45) is 1.42. The molecule has 0 unspecified atom stereocenters. The van der Waals surface area contributed by atoms with Gasteiger partial charge in [0.15, 0.2) is 0 Å². The molecule has 1 aliphatic heterocycles. The Labute approximate surface area is 138 Å². The first-order valence-electron chi connectivity index (χ1n) is 7.59. The molecule has 7 heteroatoms. The highest BCUT2D eigenvalue weighted by Crippen LogP contribution is 2.32. The summed E-state index contributed by atoms with van der Waals surface area (Å²) in [5, 5.41) is 13.5. The van der Waals surface area contributed by atoms with E-state index < -0.39 is 11.0 Å². The van der Waals surface area contributed by atoms with Crippen molar-refractivity contribution in [2.24, 2.45) is 0 Å². The number of rotatable bonds is 2. The second-order valence-corrected chi connectivity index (χ2v) is 5.77. The van der Waals surface area contributed by atoms with Crippen molar-refractivity contribution in [3.8, 4) is 0 Å². The Morgan fingerprint density at radius 3 is 2.88 bits per heavy atom. The minimum atomic E-state index is -0.517. The Bertz CT molecular complexity index is 809. The highest BCUT2D eigenvalue weighted by molar-refractivity contribution is 6.03. The van der Waals surface area contributed by atoms with Gasteiger partial charge in [-0.25, -0.2) is 9.18 Å². The summed E-state index contributed by atoms with van der Waals surface area (Å²) in [5.41, 5.74) is 1.69. The third-order valence-corrected chi connectivity index (χ3v) is 4.10. The lowest BCUT2D eigenvalue weighted by Gasteiger charge is -2.35. The maximum absolute atomic E-state index is 13.4. The largest absolute Gasteiger partial charge is 0.326 e. The molecular weight excluding hydrogens is 313 g/mol. The third kappa shape index (κ3) is 3.05. The van der Waals surface area contributed by atoms with Crippen LogP contribution in [0, 0.1) is 15.9 Å². The van der Waals surface area contributed by atoms with E-state index in [1.807, 2.05) is 6.92 Å². The molecule has 1 aliphatic rings. The Morgan fingerprint density at radius 2 is 2.12 bits per heavy atom. The highest BCUT2D eigenvalue weighted by atomic mass is 19.1. The predicted octanol–water partition coefficient (Wildman–Crippen LogP) is 4.11. The average Bonchev–Trinajstić information content (AvgIpc) is 2.55. The minimum Gasteiger partial charge on any atom is -0.307 e. The van der Waals surface area contributed by atoms with Gasteiger partial charge in [0.2, 0.25) is 0 Å². The van der Waals surface area contributed by atoms with Crippen LogP contribution >= 0.6 is 0 Å². The fourth-order valence-electron chi connectivity index (χ4n) is 2.91. The van der Waals surface area contributed by atoms with Crippen LogP contribution in [-0.4, -0.2) is 17.0 Å². The van der Waals surface area contributed by atoms with E-state index in [4.69, 9.17) is 0 Å². The quantitative estimate of drug-likeness (QED) is 0.665. The van der Waals surface area contributed by atoms with Gasteiger partial charge in [-0.1, -0.05) is 6.07 Å². The van der Waals surface area contributed by atoms with Crippen LogP contribution in [0.5, 0.6) is 0 Å². The Morgan fingerprint density at radius 1 is 1.33 bits per heavy atom. The first-order valence-corrected chi connectivity index (χ1v) is 7.59. The fourth-order valence-corrected chi connectivity index (χ4v) is 2.91. The van der Waals surface area contributed by atoms with Crippen LogP contribution in [0.25, 0.3) is 0 Å². The van der Waals surface area contributed by atoms with Crippen LogP contribution < -0.4 is 10.2 Å². The maximum atomic E-state index is 13.4. The molecule has 2 aromatic rings. The van der Waals surface area contributed by atoms with Crippen LogP contribution in [-0.2, 0) is 6.42 Å². The van der Waals surface area contributed by atoms with E-state index >= 15 is 0 Å². The summed E-state index contributed by atoms with van der Waals surface area (Å²) >= 11 is 0. The van der Waals surface area contributed by atoms with Gasteiger partial charge in [0.25, 0.3) is 5.69 Å². The molecule has 0 aliphatic carbocycles. The Hall–Kier alpha value is -2.96. The molecule has 24 heavy (non-hydrogen) atoms. The van der Waals surface area contributed by atoms with Crippen molar-refractivity contribution in [3.05, 3.63) is 64.0 Å². The molecule has 0 radical (unpaired) electrons. The van der Waals surface area contributed by atoms with E-state index in [1.165, 1.54) is 30.3 Å². The van der Waals surface area contributed by atoms with Crippen molar-refractivity contribution in [1.29, 1.82) is 0 Å². The average molecular weight is 329 g/mol. The summed E-state index contributed by atoms with van der Waals surface area (Å²) in [7, 11) is 0. The third-order valence-electron chi connectivity index (χ3n) is 4.10. The Balaban J connectivity index is 1.87. The zero-order valence-corrected chi connectivity index (χ0v) is 13.0. The van der Waals surface area contributed by atoms with Crippen molar-refractivity contribution >= 4 is 23.1 Å². The number of urea groups is 1. The summed E-state index contributed by atoms with van der Waals surface area (Å²) in [4.78, 5) is 24.5. The standard InChI is InChI=1S/C17H16FN3O3/c1-11-5-6-12-9-13(18)7-8-16(12)20(11)17(22)19-14-3-2-4-15(10-14)21(23)24/h2-4,7-11H,5-6H2,1H3,(H,19,22)/t11-/m1/s1. The molecule has 0 aromatic heterocycles. The van der Waals surface area contributed by atoms with Crippen molar-refractivity contribution in [3.63, 3.8) is 0 Å². The molecule has 1 heterocycles. The van der Waals surface area contributed by atoms with Crippen molar-refractivity contribution in [2.45, 2.75) is 25.8 Å². The van der Waals surface area contributed by atoms with Gasteiger partial charge < -0.3 is 5.32 Å². The van der Waals surface area contributed by atoms with Gasteiger partial charge >= 0.3 is 6.03 Å². The smallest absolute Gasteiger partial charge is 0.307 e. The normalized spacial score (nSPS) is 16.4. The number of amides is 2. The molecule has 0 spiro atoms. The molecule has 1 atom stereocenters. The number of nitrogens with zero attached hydrogens (tertiary/aromatic N) is 2. The van der Waals surface area contributed by atoms with E-state index in [2.05, 4.69) is 5.32 Å². The second kappa shape index (κ2) is 6.27. The lowest BCUT2D eigenvalue weighted by Crippen LogP contribution is -2.44.